The number of nitrogen functional groups attached to an aromatic ring is 4. The lowest BCUT2D eigenvalue weighted by molar-refractivity contribution is 0.0925. The monoisotopic (exact) mass is 1860 g/mol. The van der Waals surface area contributed by atoms with E-state index in [9.17, 15) is 28.0 Å². The molecule has 7 aromatic carbocycles. The van der Waals surface area contributed by atoms with Crippen molar-refractivity contribution in [2.75, 3.05) is 42.6 Å². The minimum atomic E-state index is -0.681. The summed E-state index contributed by atoms with van der Waals surface area (Å²) < 4.78 is 64.9. The molecule has 1 aliphatic rings. The van der Waals surface area contributed by atoms with Crippen molar-refractivity contribution in [1.29, 1.82) is 0 Å². The summed E-state index contributed by atoms with van der Waals surface area (Å²) in [5.41, 5.74) is 56.0. The molecule has 8 heterocycles. The van der Waals surface area contributed by atoms with Gasteiger partial charge in [-0.3, -0.25) is 33.2 Å². The van der Waals surface area contributed by atoms with E-state index in [-0.39, 0.29) is 71.7 Å². The summed E-state index contributed by atoms with van der Waals surface area (Å²) >= 11 is 24.0. The van der Waals surface area contributed by atoms with Gasteiger partial charge in [0, 0.05) is 155 Å². The van der Waals surface area contributed by atoms with Gasteiger partial charge in [-0.25, -0.2) is 47.5 Å². The lowest BCUT2D eigenvalue weighted by atomic mass is 9.87. The molecule has 676 valence electrons. The van der Waals surface area contributed by atoms with Crippen LogP contribution in [0.3, 0.4) is 0 Å². The molecule has 0 unspecified atom stereocenters. The van der Waals surface area contributed by atoms with Crippen LogP contribution in [0.25, 0.3) is 78.0 Å². The van der Waals surface area contributed by atoms with E-state index in [1.807, 2.05) is 77.8 Å². The number of aromatic nitrogens is 12. The zero-order chi connectivity index (χ0) is 94.1. The smallest absolute Gasteiger partial charge is 0.254 e. The fraction of sp³-hybridized carbons (Fsp3) is 0.186. The fourth-order valence-corrected chi connectivity index (χ4v) is 15.9. The Kier molecular flexibility index (Phi) is 31.3. The predicted molar refractivity (Wildman–Crippen MR) is 508 cm³/mol. The number of pyridine rings is 4. The van der Waals surface area contributed by atoms with Gasteiger partial charge in [0.25, 0.3) is 23.6 Å². The maximum atomic E-state index is 15.0. The van der Waals surface area contributed by atoms with Crippen LogP contribution in [0, 0.1) is 37.1 Å². The third-order valence-corrected chi connectivity index (χ3v) is 22.8. The predicted octanol–water partition coefficient (Wildman–Crippen LogP) is 17.4. The summed E-state index contributed by atoms with van der Waals surface area (Å²) in [6, 6.07) is 47.5. The van der Waals surface area contributed by atoms with Crippen LogP contribution in [0.4, 0.5) is 40.8 Å². The summed E-state index contributed by atoms with van der Waals surface area (Å²) in [5.74, 6) is -3.63. The number of nitrogens with one attached hydrogen (secondary N) is 4. The van der Waals surface area contributed by atoms with Crippen molar-refractivity contribution < 1.29 is 36.7 Å². The van der Waals surface area contributed by atoms with Crippen molar-refractivity contribution >= 4 is 93.3 Å². The average Bonchev–Trinajstić information content (AvgIpc) is 1.65. The molecule has 18 N–H and O–H groups in total. The third kappa shape index (κ3) is 23.6. The number of anilines is 4. The molecule has 0 radical (unpaired) electrons. The number of hydrogen-bond acceptors (Lipinski definition) is 20. The van der Waals surface area contributed by atoms with E-state index in [0.29, 0.717) is 76.5 Å². The molecule has 16 rings (SSSR count). The third-order valence-electron chi connectivity index (χ3n) is 21.9. The van der Waals surface area contributed by atoms with Gasteiger partial charge in [-0.15, -0.1) is 0 Å². The van der Waals surface area contributed by atoms with E-state index in [1.54, 1.807) is 154 Å². The minimum Gasteiger partial charge on any atom is -0.383 e. The summed E-state index contributed by atoms with van der Waals surface area (Å²) in [6.45, 7) is 4.34. The van der Waals surface area contributed by atoms with E-state index in [4.69, 9.17) is 91.5 Å². The van der Waals surface area contributed by atoms with Crippen LogP contribution in [-0.2, 0) is 27.7 Å². The molecule has 132 heavy (non-hydrogen) atoms. The number of rotatable bonds is 23. The second-order valence-electron chi connectivity index (χ2n) is 31.2. The minimum absolute atomic E-state index is 0.0827. The normalized spacial score (nSPS) is 12.5. The van der Waals surface area contributed by atoms with Gasteiger partial charge >= 0.3 is 0 Å². The molecule has 0 spiro atoms. The number of aryl methyl sites for hydroxylation is 5. The highest BCUT2D eigenvalue weighted by molar-refractivity contribution is 6.31. The molecule has 1 aliphatic carbocycles. The van der Waals surface area contributed by atoms with Crippen LogP contribution in [0.2, 0.25) is 20.2 Å². The second-order valence-corrected chi connectivity index (χ2v) is 32.9. The van der Waals surface area contributed by atoms with Crippen molar-refractivity contribution in [3.8, 4) is 78.0 Å². The van der Waals surface area contributed by atoms with E-state index in [2.05, 4.69) is 61.5 Å². The molecule has 15 aromatic rings. The number of carbonyl (C=O) groups excluding carboxylic acids is 4. The Bertz CT molecular complexity index is 6540. The van der Waals surface area contributed by atoms with Gasteiger partial charge in [0.15, 0.2) is 0 Å². The Morgan fingerprint density at radius 2 is 0.788 bits per heavy atom. The van der Waals surface area contributed by atoms with E-state index >= 15 is 8.78 Å². The molecular weight excluding hydrogens is 1770 g/mol. The topological polar surface area (TPSA) is 429 Å². The molecule has 1 fully saturated rings. The summed E-state index contributed by atoms with van der Waals surface area (Å²) in [4.78, 5) is 76.7. The van der Waals surface area contributed by atoms with E-state index in [0.717, 1.165) is 80.0 Å². The first-order chi connectivity index (χ1) is 63.4. The molecular formula is C97H93Cl4F4N23O4. The van der Waals surface area contributed by atoms with Crippen LogP contribution in [0.5, 0.6) is 0 Å². The lowest BCUT2D eigenvalue weighted by Crippen LogP contribution is -2.33. The van der Waals surface area contributed by atoms with Gasteiger partial charge in [0.05, 0.1) is 82.1 Å². The van der Waals surface area contributed by atoms with Crippen LogP contribution in [0.15, 0.2) is 232 Å². The molecule has 0 saturated heterocycles. The zero-order valence-corrected chi connectivity index (χ0v) is 75.2. The van der Waals surface area contributed by atoms with Crippen LogP contribution in [-0.4, -0.2) is 103 Å². The molecule has 8 aromatic heterocycles. The number of nitrogens with zero attached hydrogens (tertiary/aromatic N) is 12. The van der Waals surface area contributed by atoms with Gasteiger partial charge in [0.1, 0.15) is 57.4 Å². The Morgan fingerprint density at radius 3 is 1.17 bits per heavy atom. The quantitative estimate of drug-likeness (QED) is 0.0209. The molecule has 3 atom stereocenters. The molecule has 0 bridgehead atoms. The van der Waals surface area contributed by atoms with Crippen molar-refractivity contribution in [3.05, 3.63) is 337 Å². The highest BCUT2D eigenvalue weighted by Gasteiger charge is 2.27. The first-order valence-electron chi connectivity index (χ1n) is 41.7. The zero-order valence-electron chi connectivity index (χ0n) is 72.2. The molecule has 0 aliphatic heterocycles. The standard InChI is InChI=1S/2C25H24ClFN6O.C25H27ClFN5O.C22H18ClFN6O/c2*1-14-21(13-33(2)32-14)17-9-20(24(29)30-12-17)15-6-7-19(22(27)10-15)25(34)31-23(11-28)16-4-3-5-18(26)8-16;26-18-8-4-7-16(11-18)21(13-28)32-25(33)19-10-9-17(12-20(19)27)23-24(29)30-14-22(31-23)15-5-2-1-3-6-15;1-30-12-15(10-28-30)14-7-18(21(25)26-9-14)13-5-6-17(19(24)8-13)22(31)27-11-16-3-2-4-20(23)29-16/h2*3-10,12-13,23H,11,28H2,1-2H3,(H2,29,30)(H,31,34);4,7-12,14-15,21H,1-3,5-6,13,28H2,(H2,29,30)(H,32,33);2-10,12H,11H2,1H3,(H2,25,26)(H,27,31)/t2*23-;21-;/m101./s1. The highest BCUT2D eigenvalue weighted by Crippen LogP contribution is 2.38. The largest absolute Gasteiger partial charge is 0.383 e. The van der Waals surface area contributed by atoms with Crippen LogP contribution < -0.4 is 61.4 Å². The van der Waals surface area contributed by atoms with Crippen LogP contribution >= 0.6 is 46.4 Å². The van der Waals surface area contributed by atoms with Gasteiger partial charge < -0.3 is 61.4 Å². The number of amides is 4. The maximum Gasteiger partial charge on any atom is 0.254 e. The Labute approximate surface area is 778 Å². The van der Waals surface area contributed by atoms with E-state index in [1.165, 1.54) is 67.8 Å². The molecule has 35 heteroatoms. The second kappa shape index (κ2) is 43.4. The number of hydrogen-bond donors (Lipinski definition) is 11. The Morgan fingerprint density at radius 1 is 0.402 bits per heavy atom. The Balaban J connectivity index is 0.000000150. The van der Waals surface area contributed by atoms with Crippen molar-refractivity contribution in [2.45, 2.75) is 76.5 Å². The van der Waals surface area contributed by atoms with Crippen molar-refractivity contribution in [3.63, 3.8) is 0 Å². The number of halogens is 8. The van der Waals surface area contributed by atoms with Crippen molar-refractivity contribution in [2.24, 2.45) is 38.3 Å². The van der Waals surface area contributed by atoms with Gasteiger partial charge in [0.2, 0.25) is 0 Å². The van der Waals surface area contributed by atoms with E-state index < -0.39 is 65.0 Å². The molecule has 4 amide bonds. The SMILES string of the molecule is Cc1nn(C)cc1-c1cnc(N)c(-c2ccc(C(=O)N[C@@H](CN)c3cccc(Cl)c3)c(F)c2)c1.Cc1nn(C)cc1-c1cnc(N)c(-c2ccc(C(=O)N[C@H](CN)c3cccc(Cl)c3)c(F)c2)c1.Cn1cc(-c2cnc(N)c(-c3ccc(C(=O)NCc4cccc(Cl)n4)c(F)c3)c2)cn1.NC[C@@H](NC(=O)c1ccc(-c2nc(C3CCCCC3)cnc2N)cc1F)c1cccc(Cl)c1. The van der Waals surface area contributed by atoms with Gasteiger partial charge in [-0.2, -0.15) is 15.3 Å². The van der Waals surface area contributed by atoms with Gasteiger partial charge in [-0.05, 0) is 175 Å². The summed E-state index contributed by atoms with van der Waals surface area (Å²) in [5, 5.41) is 25.7. The lowest BCUT2D eigenvalue weighted by Gasteiger charge is -2.21. The van der Waals surface area contributed by atoms with Crippen LogP contribution in [0.1, 0.15) is 137 Å². The van der Waals surface area contributed by atoms with Crippen molar-refractivity contribution in [1.82, 2.24) is 80.5 Å². The number of carbonyl (C=O) groups is 4. The Hall–Kier alpha value is -14.3. The number of nitrogens with two attached hydrogens (primary N) is 7. The molecule has 27 nitrogen and oxygen atoms in total. The average molecular weight is 1860 g/mol. The summed E-state index contributed by atoms with van der Waals surface area (Å²) in [7, 11) is 5.49. The summed E-state index contributed by atoms with van der Waals surface area (Å²) in [6.07, 6.45) is 19.7. The number of benzene rings is 7. The first kappa shape index (κ1) is 95.3. The fourth-order valence-electron chi connectivity index (χ4n) is 15.1. The molecule has 1 saturated carbocycles. The highest BCUT2D eigenvalue weighted by atomic mass is 35.5. The first-order valence-corrected chi connectivity index (χ1v) is 43.2. The maximum absolute atomic E-state index is 15.0. The van der Waals surface area contributed by atoms with Gasteiger partial charge in [-0.1, -0.05) is 132 Å².